The molecule has 1 aliphatic carbocycles. The lowest BCUT2D eigenvalue weighted by molar-refractivity contribution is -0.122. The van der Waals surface area contributed by atoms with Crippen LogP contribution in [0.5, 0.6) is 5.75 Å². The van der Waals surface area contributed by atoms with Crippen molar-refractivity contribution in [3.63, 3.8) is 0 Å². The third-order valence-electron chi connectivity index (χ3n) is 6.93. The zero-order valence-electron chi connectivity index (χ0n) is 19.4. The van der Waals surface area contributed by atoms with Gasteiger partial charge in [-0.1, -0.05) is 79.7 Å². The molecule has 0 saturated carbocycles. The fraction of sp³-hybridized carbons (Fsp3) is 0.267. The number of hydrogen-bond acceptors (Lipinski definition) is 3. The number of allylic oxidation sites excluding steroid dienone is 2. The topological polar surface area (TPSA) is 55.4 Å². The summed E-state index contributed by atoms with van der Waals surface area (Å²) in [4.78, 5) is 26.2. The first-order chi connectivity index (χ1) is 16.6. The van der Waals surface area contributed by atoms with Crippen LogP contribution in [0, 0.1) is 0 Å². The summed E-state index contributed by atoms with van der Waals surface area (Å²) in [6.07, 6.45) is 2.38. The molecule has 1 amide bonds. The quantitative estimate of drug-likeness (QED) is 0.513. The van der Waals surface area contributed by atoms with Crippen molar-refractivity contribution < 1.29 is 14.3 Å². The maximum Gasteiger partial charge on any atom is 0.225 e. The number of benzene rings is 3. The fourth-order valence-electron chi connectivity index (χ4n) is 5.12. The van der Waals surface area contributed by atoms with E-state index in [2.05, 4.69) is 36.5 Å². The van der Waals surface area contributed by atoms with E-state index in [9.17, 15) is 9.59 Å². The van der Waals surface area contributed by atoms with E-state index in [0.29, 0.717) is 19.4 Å². The Kier molecular flexibility index (Phi) is 6.31. The Morgan fingerprint density at radius 3 is 2.32 bits per heavy atom. The first kappa shape index (κ1) is 22.1. The van der Waals surface area contributed by atoms with Gasteiger partial charge in [0, 0.05) is 35.6 Å². The maximum absolute atomic E-state index is 13.5. The second-order valence-electron chi connectivity index (χ2n) is 9.13. The normalized spacial score (nSPS) is 20.0. The minimum absolute atomic E-state index is 0.0450. The van der Waals surface area contributed by atoms with Crippen LogP contribution in [0.3, 0.4) is 0 Å². The lowest BCUT2D eigenvalue weighted by Crippen LogP contribution is -2.38. The molecule has 1 heterocycles. The number of nitrogens with one attached hydrogen (secondary N) is 1. The van der Waals surface area contributed by atoms with Crippen molar-refractivity contribution in [2.45, 2.75) is 51.0 Å². The van der Waals surface area contributed by atoms with Crippen LogP contribution < -0.4 is 10.1 Å². The molecule has 5 rings (SSSR count). The lowest BCUT2D eigenvalue weighted by Gasteiger charge is -2.35. The summed E-state index contributed by atoms with van der Waals surface area (Å²) < 4.78 is 6.17. The molecule has 2 aliphatic rings. The van der Waals surface area contributed by atoms with E-state index >= 15 is 0 Å². The summed E-state index contributed by atoms with van der Waals surface area (Å²) in [5.41, 5.74) is 5.94. The number of aryl methyl sites for hydroxylation is 1. The summed E-state index contributed by atoms with van der Waals surface area (Å²) in [6, 6.07) is 26.3. The average Bonchev–Trinajstić information content (AvgIpc) is 2.87. The van der Waals surface area contributed by atoms with Gasteiger partial charge >= 0.3 is 0 Å². The molecule has 172 valence electrons. The Balaban J connectivity index is 1.44. The van der Waals surface area contributed by atoms with Crippen molar-refractivity contribution >= 4 is 11.7 Å². The molecule has 1 aliphatic heterocycles. The van der Waals surface area contributed by atoms with Crippen LogP contribution in [0.15, 0.2) is 90.1 Å². The van der Waals surface area contributed by atoms with Gasteiger partial charge < -0.3 is 10.1 Å². The van der Waals surface area contributed by atoms with Crippen LogP contribution in [0.2, 0.25) is 0 Å². The molecule has 0 radical (unpaired) electrons. The van der Waals surface area contributed by atoms with Gasteiger partial charge in [0.15, 0.2) is 5.78 Å². The van der Waals surface area contributed by atoms with E-state index in [-0.39, 0.29) is 29.9 Å². The SMILES string of the molecule is CCc1ccc(C2CC(=O)C3=C(C2)NC(=O)CC3c2ccccc2OCc2ccccc2)cc1. The predicted octanol–water partition coefficient (Wildman–Crippen LogP) is 5.83. The highest BCUT2D eigenvalue weighted by Gasteiger charge is 2.39. The number of hydrogen-bond donors (Lipinski definition) is 1. The lowest BCUT2D eigenvalue weighted by atomic mass is 9.73. The molecule has 0 spiro atoms. The van der Waals surface area contributed by atoms with Crippen LogP contribution in [0.25, 0.3) is 0 Å². The molecule has 4 heteroatoms. The molecule has 34 heavy (non-hydrogen) atoms. The highest BCUT2D eigenvalue weighted by molar-refractivity contribution is 6.02. The van der Waals surface area contributed by atoms with E-state index in [1.54, 1.807) is 0 Å². The number of ether oxygens (including phenoxy) is 1. The number of para-hydroxylation sites is 1. The van der Waals surface area contributed by atoms with E-state index in [0.717, 1.165) is 40.1 Å². The molecule has 0 saturated heterocycles. The monoisotopic (exact) mass is 451 g/mol. The highest BCUT2D eigenvalue weighted by Crippen LogP contribution is 2.44. The van der Waals surface area contributed by atoms with Gasteiger partial charge in [-0.25, -0.2) is 0 Å². The average molecular weight is 452 g/mol. The molecule has 0 fully saturated rings. The molecule has 2 unspecified atom stereocenters. The summed E-state index contributed by atoms with van der Waals surface area (Å²) in [5.74, 6) is 0.598. The van der Waals surface area contributed by atoms with Gasteiger partial charge in [0.05, 0.1) is 0 Å². The Morgan fingerprint density at radius 1 is 0.824 bits per heavy atom. The van der Waals surface area contributed by atoms with Crippen molar-refractivity contribution in [1.29, 1.82) is 0 Å². The molecule has 2 atom stereocenters. The number of amides is 1. The first-order valence-corrected chi connectivity index (χ1v) is 12.0. The molecule has 3 aromatic rings. The molecule has 3 aromatic carbocycles. The van der Waals surface area contributed by atoms with Crippen molar-refractivity contribution in [3.8, 4) is 5.75 Å². The zero-order valence-corrected chi connectivity index (χ0v) is 19.4. The van der Waals surface area contributed by atoms with Crippen LogP contribution in [0.4, 0.5) is 0 Å². The molecule has 0 bridgehead atoms. The van der Waals surface area contributed by atoms with Crippen LogP contribution in [0.1, 0.15) is 60.3 Å². The van der Waals surface area contributed by atoms with Crippen LogP contribution >= 0.6 is 0 Å². The Labute approximate surface area is 200 Å². The second-order valence-corrected chi connectivity index (χ2v) is 9.13. The predicted molar refractivity (Wildman–Crippen MR) is 133 cm³/mol. The smallest absolute Gasteiger partial charge is 0.225 e. The van der Waals surface area contributed by atoms with E-state index in [4.69, 9.17) is 4.74 Å². The molecule has 0 aromatic heterocycles. The van der Waals surface area contributed by atoms with Gasteiger partial charge in [-0.2, -0.15) is 0 Å². The van der Waals surface area contributed by atoms with Gasteiger partial charge in [-0.3, -0.25) is 9.59 Å². The number of carbonyl (C=O) groups excluding carboxylic acids is 2. The second kappa shape index (κ2) is 9.68. The summed E-state index contributed by atoms with van der Waals surface area (Å²) in [7, 11) is 0. The van der Waals surface area contributed by atoms with E-state index in [1.807, 2.05) is 54.6 Å². The fourth-order valence-corrected chi connectivity index (χ4v) is 5.12. The third kappa shape index (κ3) is 4.54. The van der Waals surface area contributed by atoms with Gasteiger partial charge in [0.1, 0.15) is 12.4 Å². The minimum atomic E-state index is -0.286. The molecule has 1 N–H and O–H groups in total. The van der Waals surface area contributed by atoms with Gasteiger partial charge in [-0.05, 0) is 41.5 Å². The van der Waals surface area contributed by atoms with Crippen molar-refractivity contribution in [2.75, 3.05) is 0 Å². The van der Waals surface area contributed by atoms with E-state index in [1.165, 1.54) is 5.56 Å². The summed E-state index contributed by atoms with van der Waals surface area (Å²) in [5, 5.41) is 3.03. The third-order valence-corrected chi connectivity index (χ3v) is 6.93. The first-order valence-electron chi connectivity index (χ1n) is 12.0. The number of carbonyl (C=O) groups is 2. The minimum Gasteiger partial charge on any atom is -0.489 e. The molecular weight excluding hydrogens is 422 g/mol. The zero-order chi connectivity index (χ0) is 23.5. The van der Waals surface area contributed by atoms with Gasteiger partial charge in [-0.15, -0.1) is 0 Å². The largest absolute Gasteiger partial charge is 0.489 e. The van der Waals surface area contributed by atoms with Crippen molar-refractivity contribution in [1.82, 2.24) is 5.32 Å². The Hall–Kier alpha value is -3.66. The molecule has 4 nitrogen and oxygen atoms in total. The number of ketones is 1. The molecular formula is C30H29NO3. The van der Waals surface area contributed by atoms with Crippen molar-refractivity contribution in [2.24, 2.45) is 0 Å². The highest BCUT2D eigenvalue weighted by atomic mass is 16.5. The van der Waals surface area contributed by atoms with E-state index < -0.39 is 0 Å². The summed E-state index contributed by atoms with van der Waals surface area (Å²) in [6.45, 7) is 2.57. The number of rotatable bonds is 6. The van der Waals surface area contributed by atoms with Crippen LogP contribution in [-0.2, 0) is 22.6 Å². The Morgan fingerprint density at radius 2 is 1.56 bits per heavy atom. The van der Waals surface area contributed by atoms with Gasteiger partial charge in [0.2, 0.25) is 5.91 Å². The summed E-state index contributed by atoms with van der Waals surface area (Å²) >= 11 is 0. The van der Waals surface area contributed by atoms with Crippen LogP contribution in [-0.4, -0.2) is 11.7 Å². The Bertz CT molecular complexity index is 1230. The number of Topliss-reactive ketones (excluding diaryl/α,β-unsaturated/α-hetero) is 1. The maximum atomic E-state index is 13.5. The van der Waals surface area contributed by atoms with Gasteiger partial charge in [0.25, 0.3) is 0 Å². The van der Waals surface area contributed by atoms with Crippen molar-refractivity contribution in [3.05, 3.63) is 112 Å². The standard InChI is InChI=1S/C30H29NO3/c1-2-20-12-14-22(15-13-20)23-16-26-30(27(32)17-23)25(18-29(33)31-26)24-10-6-7-11-28(24)34-19-21-8-4-3-5-9-21/h3-15,23,25H,2,16-19H2,1H3,(H,31,33).